The number of nitrogens with one attached hydrogen (secondary N) is 1. The Morgan fingerprint density at radius 3 is 2.40 bits per heavy atom. The number of anilines is 1. The third kappa shape index (κ3) is 3.29. The first kappa shape index (κ1) is 16.9. The second-order valence-corrected chi connectivity index (χ2v) is 6.19. The largest absolute Gasteiger partial charge is 0.545 e. The average Bonchev–Trinajstić information content (AvgIpc) is 2.85. The van der Waals surface area contributed by atoms with Gasteiger partial charge in [0.25, 0.3) is 5.91 Å². The number of hydrogen-bond acceptors (Lipinski definition) is 4. The molecule has 1 aliphatic rings. The fourth-order valence-electron chi connectivity index (χ4n) is 2.52. The molecule has 5 nitrogen and oxygen atoms in total. The summed E-state index contributed by atoms with van der Waals surface area (Å²) >= 11 is 5.29. The van der Waals surface area contributed by atoms with Crippen molar-refractivity contribution in [2.75, 3.05) is 4.90 Å². The Morgan fingerprint density at radius 1 is 1.12 bits per heavy atom. The van der Waals surface area contributed by atoms with Gasteiger partial charge in [-0.2, -0.15) is 0 Å². The number of carbonyl (C=O) groups excluding carboxylic acids is 2. The Bertz CT molecular complexity index is 917. The topological polar surface area (TPSA) is 72.5 Å². The third-order valence-electron chi connectivity index (χ3n) is 4.08. The first-order valence-electron chi connectivity index (χ1n) is 7.62. The van der Waals surface area contributed by atoms with Crippen molar-refractivity contribution >= 4 is 41.0 Å². The zero-order valence-electron chi connectivity index (χ0n) is 13.7. The van der Waals surface area contributed by atoms with E-state index >= 15 is 0 Å². The van der Waals surface area contributed by atoms with Gasteiger partial charge < -0.3 is 15.2 Å². The molecule has 0 radical (unpaired) electrons. The van der Waals surface area contributed by atoms with Crippen LogP contribution in [0, 0.1) is 13.8 Å². The van der Waals surface area contributed by atoms with E-state index in [9.17, 15) is 14.7 Å². The number of aryl methyl sites for hydroxylation is 2. The molecule has 1 aliphatic heterocycles. The van der Waals surface area contributed by atoms with E-state index in [-0.39, 0.29) is 11.5 Å². The number of carboxylic acids is 1. The van der Waals surface area contributed by atoms with Gasteiger partial charge in [0.2, 0.25) is 0 Å². The molecule has 1 N–H and O–H groups in total. The fourth-order valence-corrected chi connectivity index (χ4v) is 2.81. The molecule has 2 aromatic carbocycles. The van der Waals surface area contributed by atoms with Crippen LogP contribution in [0.25, 0.3) is 6.08 Å². The summed E-state index contributed by atoms with van der Waals surface area (Å²) in [6.07, 6.45) is 1.63. The van der Waals surface area contributed by atoms with E-state index in [4.69, 9.17) is 12.2 Å². The van der Waals surface area contributed by atoms with Gasteiger partial charge in [-0.1, -0.05) is 30.3 Å². The number of nitrogens with zero attached hydrogens (tertiary/aromatic N) is 1. The molecule has 2 aromatic rings. The van der Waals surface area contributed by atoms with Crippen LogP contribution in [0.15, 0.2) is 48.2 Å². The summed E-state index contributed by atoms with van der Waals surface area (Å²) in [6.45, 7) is 3.98. The Labute approximate surface area is 150 Å². The highest BCUT2D eigenvalue weighted by atomic mass is 32.1. The number of carboxylic acid groups (broad SMARTS) is 1. The van der Waals surface area contributed by atoms with E-state index in [2.05, 4.69) is 5.32 Å². The lowest BCUT2D eigenvalue weighted by atomic mass is 10.1. The SMILES string of the molecule is Cc1ccc(N2C(=O)/C(=C\c3ccc(C(=O)[O-])cc3)NC2=S)cc1C. The number of amides is 1. The molecule has 0 bridgehead atoms. The maximum atomic E-state index is 12.7. The highest BCUT2D eigenvalue weighted by Gasteiger charge is 2.32. The Balaban J connectivity index is 1.90. The second kappa shape index (κ2) is 6.49. The van der Waals surface area contributed by atoms with Crippen LogP contribution in [-0.4, -0.2) is 17.0 Å². The molecule has 1 heterocycles. The molecule has 1 amide bonds. The smallest absolute Gasteiger partial charge is 0.281 e. The quantitative estimate of drug-likeness (QED) is 0.676. The van der Waals surface area contributed by atoms with Crippen LogP contribution in [0.4, 0.5) is 5.69 Å². The van der Waals surface area contributed by atoms with E-state index in [1.54, 1.807) is 18.2 Å². The number of carbonyl (C=O) groups is 2. The van der Waals surface area contributed by atoms with Crippen LogP contribution in [0.5, 0.6) is 0 Å². The van der Waals surface area contributed by atoms with Gasteiger partial charge in [0.1, 0.15) is 5.70 Å². The maximum absolute atomic E-state index is 12.7. The molecule has 0 aliphatic carbocycles. The predicted molar refractivity (Wildman–Crippen MR) is 97.9 cm³/mol. The van der Waals surface area contributed by atoms with Gasteiger partial charge in [-0.3, -0.25) is 9.69 Å². The molecule has 126 valence electrons. The molecule has 3 rings (SSSR count). The van der Waals surface area contributed by atoms with Crippen molar-refractivity contribution < 1.29 is 14.7 Å². The van der Waals surface area contributed by atoms with Crippen LogP contribution >= 0.6 is 12.2 Å². The van der Waals surface area contributed by atoms with Gasteiger partial charge in [0.05, 0.1) is 11.7 Å². The molecule has 6 heteroatoms. The van der Waals surface area contributed by atoms with Gasteiger partial charge in [0, 0.05) is 0 Å². The zero-order chi connectivity index (χ0) is 18.1. The number of benzene rings is 2. The molecule has 0 saturated carbocycles. The van der Waals surface area contributed by atoms with Gasteiger partial charge in [0.15, 0.2) is 5.11 Å². The van der Waals surface area contributed by atoms with Crippen LogP contribution in [-0.2, 0) is 4.79 Å². The molecular weight excluding hydrogens is 336 g/mol. The molecule has 0 atom stereocenters. The predicted octanol–water partition coefficient (Wildman–Crippen LogP) is 1.93. The second-order valence-electron chi connectivity index (χ2n) is 5.81. The lowest BCUT2D eigenvalue weighted by molar-refractivity contribution is -0.255. The fraction of sp³-hybridized carbons (Fsp3) is 0.105. The molecule has 1 saturated heterocycles. The van der Waals surface area contributed by atoms with Crippen molar-refractivity contribution in [3.8, 4) is 0 Å². The maximum Gasteiger partial charge on any atom is 0.281 e. The van der Waals surface area contributed by atoms with E-state index in [1.165, 1.54) is 17.0 Å². The van der Waals surface area contributed by atoms with E-state index in [0.29, 0.717) is 22.1 Å². The minimum Gasteiger partial charge on any atom is -0.545 e. The minimum atomic E-state index is -1.24. The van der Waals surface area contributed by atoms with Crippen molar-refractivity contribution in [3.63, 3.8) is 0 Å². The first-order chi connectivity index (χ1) is 11.9. The Morgan fingerprint density at radius 2 is 1.80 bits per heavy atom. The highest BCUT2D eigenvalue weighted by molar-refractivity contribution is 7.80. The summed E-state index contributed by atoms with van der Waals surface area (Å²) in [5.74, 6) is -1.49. The third-order valence-corrected chi connectivity index (χ3v) is 4.37. The summed E-state index contributed by atoms with van der Waals surface area (Å²) < 4.78 is 0. The van der Waals surface area contributed by atoms with Gasteiger partial charge in [-0.25, -0.2) is 0 Å². The highest BCUT2D eigenvalue weighted by Crippen LogP contribution is 2.24. The van der Waals surface area contributed by atoms with Crippen LogP contribution in [0.1, 0.15) is 27.0 Å². The molecule has 1 fully saturated rings. The number of rotatable bonds is 3. The van der Waals surface area contributed by atoms with Crippen LogP contribution in [0.3, 0.4) is 0 Å². The lowest BCUT2D eigenvalue weighted by Gasteiger charge is -2.15. The number of thiocarbonyl (C=S) groups is 1. The average molecular weight is 351 g/mol. The van der Waals surface area contributed by atoms with Crippen LogP contribution < -0.4 is 15.3 Å². The van der Waals surface area contributed by atoms with E-state index in [0.717, 1.165) is 11.1 Å². The number of aromatic carboxylic acids is 1. The zero-order valence-corrected chi connectivity index (χ0v) is 14.5. The molecule has 0 spiro atoms. The summed E-state index contributed by atoms with van der Waals surface area (Å²) in [5.41, 5.74) is 4.03. The van der Waals surface area contributed by atoms with Crippen molar-refractivity contribution in [3.05, 3.63) is 70.4 Å². The summed E-state index contributed by atoms with van der Waals surface area (Å²) in [6, 6.07) is 11.8. The number of hydrogen-bond donors (Lipinski definition) is 1. The van der Waals surface area contributed by atoms with Gasteiger partial charge in [-0.15, -0.1) is 0 Å². The molecule has 0 aromatic heterocycles. The molecular formula is C19H15N2O3S-. The normalized spacial score (nSPS) is 15.6. The van der Waals surface area contributed by atoms with Crippen molar-refractivity contribution in [1.82, 2.24) is 5.32 Å². The van der Waals surface area contributed by atoms with Crippen LogP contribution in [0.2, 0.25) is 0 Å². The van der Waals surface area contributed by atoms with Gasteiger partial charge >= 0.3 is 0 Å². The monoisotopic (exact) mass is 351 g/mol. The molecule has 0 unspecified atom stereocenters. The summed E-state index contributed by atoms with van der Waals surface area (Å²) in [4.78, 5) is 24.9. The Kier molecular flexibility index (Phi) is 4.37. The van der Waals surface area contributed by atoms with Crippen molar-refractivity contribution in [1.29, 1.82) is 0 Å². The van der Waals surface area contributed by atoms with Crippen molar-refractivity contribution in [2.45, 2.75) is 13.8 Å². The van der Waals surface area contributed by atoms with E-state index < -0.39 is 5.97 Å². The van der Waals surface area contributed by atoms with Gasteiger partial charge in [-0.05, 0) is 66.5 Å². The Hall–Kier alpha value is -2.99. The summed E-state index contributed by atoms with van der Waals surface area (Å²) in [7, 11) is 0. The minimum absolute atomic E-state index is 0.0835. The first-order valence-corrected chi connectivity index (χ1v) is 8.03. The van der Waals surface area contributed by atoms with Crippen molar-refractivity contribution in [2.24, 2.45) is 0 Å². The standard InChI is InChI=1S/C19H16N2O3S/c1-11-3-8-15(9-12(11)2)21-17(22)16(20-19(21)25)10-13-4-6-14(7-5-13)18(23)24/h3-10H,1-2H3,(H,20,25)(H,23,24)/p-1/b16-10+. The summed E-state index contributed by atoms with van der Waals surface area (Å²) in [5, 5.41) is 14.0. The lowest BCUT2D eigenvalue weighted by Crippen LogP contribution is -2.30. The molecule has 25 heavy (non-hydrogen) atoms. The van der Waals surface area contributed by atoms with E-state index in [1.807, 2.05) is 32.0 Å².